The first-order valence-corrected chi connectivity index (χ1v) is 5.95. The van der Waals surface area contributed by atoms with Crippen LogP contribution in [-0.2, 0) is 9.59 Å². The van der Waals surface area contributed by atoms with E-state index >= 15 is 0 Å². The summed E-state index contributed by atoms with van der Waals surface area (Å²) in [5.74, 6) is -1.40. The Morgan fingerprint density at radius 3 is 2.33 bits per heavy atom. The second kappa shape index (κ2) is 5.55. The van der Waals surface area contributed by atoms with Crippen LogP contribution in [0, 0.1) is 5.92 Å². The van der Waals surface area contributed by atoms with Gasteiger partial charge in [0.25, 0.3) is 0 Å². The Hall–Kier alpha value is -2.01. The molecule has 0 aliphatic carbocycles. The SMILES string of the molecule is O=C1NC(=S)NC(=O)C1CC=Cc1ccccc1. The maximum Gasteiger partial charge on any atom is 0.239 e. The number of rotatable bonds is 3. The van der Waals surface area contributed by atoms with E-state index < -0.39 is 5.92 Å². The molecule has 1 saturated heterocycles. The first-order valence-electron chi connectivity index (χ1n) is 5.54. The largest absolute Gasteiger partial charge is 0.302 e. The Kier molecular flexibility index (Phi) is 3.84. The maximum absolute atomic E-state index is 11.6. The first kappa shape index (κ1) is 12.4. The Balaban J connectivity index is 1.98. The van der Waals surface area contributed by atoms with Gasteiger partial charge in [-0.1, -0.05) is 42.5 Å². The summed E-state index contributed by atoms with van der Waals surface area (Å²) in [7, 11) is 0. The monoisotopic (exact) mass is 260 g/mol. The standard InChI is InChI=1S/C13H12N2O2S/c16-11-10(12(17)15-13(18)14-11)8-4-7-9-5-2-1-3-6-9/h1-7,10H,8H2,(H2,14,15,16,17,18). The van der Waals surface area contributed by atoms with E-state index in [0.717, 1.165) is 5.56 Å². The molecule has 5 heteroatoms. The van der Waals surface area contributed by atoms with E-state index in [1.54, 1.807) is 0 Å². The highest BCUT2D eigenvalue weighted by atomic mass is 32.1. The molecule has 0 bridgehead atoms. The van der Waals surface area contributed by atoms with Crippen molar-refractivity contribution in [2.24, 2.45) is 5.92 Å². The highest BCUT2D eigenvalue weighted by Crippen LogP contribution is 2.10. The van der Waals surface area contributed by atoms with Gasteiger partial charge in [0, 0.05) is 0 Å². The van der Waals surface area contributed by atoms with E-state index in [2.05, 4.69) is 10.6 Å². The lowest BCUT2D eigenvalue weighted by molar-refractivity contribution is -0.134. The third-order valence-electron chi connectivity index (χ3n) is 2.59. The van der Waals surface area contributed by atoms with Gasteiger partial charge in [-0.05, 0) is 24.2 Å². The number of benzene rings is 1. The van der Waals surface area contributed by atoms with Crippen molar-refractivity contribution in [2.75, 3.05) is 0 Å². The van der Waals surface area contributed by atoms with Gasteiger partial charge < -0.3 is 10.6 Å². The van der Waals surface area contributed by atoms with Gasteiger partial charge in [-0.3, -0.25) is 9.59 Å². The number of allylic oxidation sites excluding steroid dienone is 1. The summed E-state index contributed by atoms with van der Waals surface area (Å²) in [6, 6.07) is 9.69. The molecule has 2 rings (SSSR count). The Morgan fingerprint density at radius 1 is 1.11 bits per heavy atom. The van der Waals surface area contributed by atoms with Crippen LogP contribution in [0.3, 0.4) is 0 Å². The van der Waals surface area contributed by atoms with Crippen molar-refractivity contribution >= 4 is 35.2 Å². The summed E-state index contributed by atoms with van der Waals surface area (Å²) < 4.78 is 0. The summed E-state index contributed by atoms with van der Waals surface area (Å²) in [5, 5.41) is 4.95. The van der Waals surface area contributed by atoms with Gasteiger partial charge in [0.2, 0.25) is 11.8 Å². The summed E-state index contributed by atoms with van der Waals surface area (Å²) in [6.45, 7) is 0. The van der Waals surface area contributed by atoms with Gasteiger partial charge in [-0.15, -0.1) is 0 Å². The fourth-order valence-electron chi connectivity index (χ4n) is 1.67. The van der Waals surface area contributed by atoms with Crippen molar-refractivity contribution in [1.82, 2.24) is 10.6 Å². The minimum Gasteiger partial charge on any atom is -0.302 e. The Bertz CT molecular complexity index is 491. The van der Waals surface area contributed by atoms with Crippen LogP contribution in [0.25, 0.3) is 6.08 Å². The van der Waals surface area contributed by atoms with Crippen LogP contribution in [0.15, 0.2) is 36.4 Å². The van der Waals surface area contributed by atoms with Crippen LogP contribution in [0.1, 0.15) is 12.0 Å². The molecule has 2 N–H and O–H groups in total. The number of carbonyl (C=O) groups excluding carboxylic acids is 2. The molecule has 0 aromatic heterocycles. The van der Waals surface area contributed by atoms with Gasteiger partial charge >= 0.3 is 0 Å². The lowest BCUT2D eigenvalue weighted by atomic mass is 10.0. The van der Waals surface area contributed by atoms with Crippen molar-refractivity contribution in [1.29, 1.82) is 0 Å². The van der Waals surface area contributed by atoms with Crippen LogP contribution >= 0.6 is 12.2 Å². The molecule has 92 valence electrons. The Morgan fingerprint density at radius 2 is 1.72 bits per heavy atom. The van der Waals surface area contributed by atoms with E-state index in [4.69, 9.17) is 12.2 Å². The zero-order valence-corrected chi connectivity index (χ0v) is 10.4. The number of amides is 2. The Labute approximate surface area is 110 Å². The average molecular weight is 260 g/mol. The van der Waals surface area contributed by atoms with E-state index in [-0.39, 0.29) is 16.9 Å². The summed E-state index contributed by atoms with van der Waals surface area (Å²) >= 11 is 4.72. The number of nitrogens with one attached hydrogen (secondary N) is 2. The third-order valence-corrected chi connectivity index (χ3v) is 2.79. The molecule has 1 aromatic carbocycles. The lowest BCUT2D eigenvalue weighted by Gasteiger charge is -2.21. The molecule has 1 aliphatic heterocycles. The van der Waals surface area contributed by atoms with Gasteiger partial charge in [-0.2, -0.15) is 0 Å². The molecule has 0 unspecified atom stereocenters. The van der Waals surface area contributed by atoms with Crippen molar-refractivity contribution in [3.05, 3.63) is 42.0 Å². The highest BCUT2D eigenvalue weighted by molar-refractivity contribution is 7.80. The molecule has 1 aliphatic rings. The summed E-state index contributed by atoms with van der Waals surface area (Å²) in [6.07, 6.45) is 4.05. The maximum atomic E-state index is 11.6. The normalized spacial score (nSPS) is 16.8. The molecular weight excluding hydrogens is 248 g/mol. The highest BCUT2D eigenvalue weighted by Gasteiger charge is 2.31. The molecule has 1 heterocycles. The lowest BCUT2D eigenvalue weighted by Crippen LogP contribution is -2.55. The zero-order chi connectivity index (χ0) is 13.0. The third kappa shape index (κ3) is 3.01. The van der Waals surface area contributed by atoms with Gasteiger partial charge in [0.05, 0.1) is 0 Å². The van der Waals surface area contributed by atoms with Crippen LogP contribution in [0.4, 0.5) is 0 Å². The molecule has 1 aromatic rings. The topological polar surface area (TPSA) is 58.2 Å². The predicted octanol–water partition coefficient (Wildman–Crippen LogP) is 1.24. The summed E-state index contributed by atoms with van der Waals surface area (Å²) in [4.78, 5) is 23.1. The van der Waals surface area contributed by atoms with E-state index in [9.17, 15) is 9.59 Å². The number of hydrogen-bond acceptors (Lipinski definition) is 3. The second-order valence-corrected chi connectivity index (χ2v) is 4.32. The van der Waals surface area contributed by atoms with Crippen LogP contribution < -0.4 is 10.6 Å². The van der Waals surface area contributed by atoms with Gasteiger partial charge in [0.15, 0.2) is 5.11 Å². The first-order chi connectivity index (χ1) is 8.66. The zero-order valence-electron chi connectivity index (χ0n) is 9.55. The molecule has 18 heavy (non-hydrogen) atoms. The van der Waals surface area contributed by atoms with Crippen molar-refractivity contribution in [3.8, 4) is 0 Å². The van der Waals surface area contributed by atoms with Crippen LogP contribution in [0.2, 0.25) is 0 Å². The van der Waals surface area contributed by atoms with Crippen molar-refractivity contribution < 1.29 is 9.59 Å². The number of carbonyl (C=O) groups is 2. The van der Waals surface area contributed by atoms with Crippen molar-refractivity contribution in [3.63, 3.8) is 0 Å². The molecule has 0 spiro atoms. The molecule has 2 amide bonds. The molecule has 0 radical (unpaired) electrons. The van der Waals surface area contributed by atoms with Crippen LogP contribution in [-0.4, -0.2) is 16.9 Å². The van der Waals surface area contributed by atoms with E-state index in [1.165, 1.54) is 0 Å². The molecular formula is C13H12N2O2S. The van der Waals surface area contributed by atoms with Gasteiger partial charge in [-0.25, -0.2) is 0 Å². The van der Waals surface area contributed by atoms with Crippen molar-refractivity contribution in [2.45, 2.75) is 6.42 Å². The molecule has 1 fully saturated rings. The predicted molar refractivity (Wildman–Crippen MR) is 72.5 cm³/mol. The average Bonchev–Trinajstić information content (AvgIpc) is 2.34. The smallest absolute Gasteiger partial charge is 0.239 e. The number of hydrogen-bond donors (Lipinski definition) is 2. The molecule has 0 saturated carbocycles. The fourth-order valence-corrected chi connectivity index (χ4v) is 1.87. The second-order valence-electron chi connectivity index (χ2n) is 3.91. The molecule has 4 nitrogen and oxygen atoms in total. The molecule has 0 atom stereocenters. The van der Waals surface area contributed by atoms with E-state index in [0.29, 0.717) is 6.42 Å². The van der Waals surface area contributed by atoms with E-state index in [1.807, 2.05) is 42.5 Å². The minimum absolute atomic E-state index is 0.0771. The minimum atomic E-state index is -0.711. The summed E-state index contributed by atoms with van der Waals surface area (Å²) in [5.41, 5.74) is 1.03. The quantitative estimate of drug-likeness (QED) is 0.635. The fraction of sp³-hybridized carbons (Fsp3) is 0.154. The van der Waals surface area contributed by atoms with Gasteiger partial charge in [0.1, 0.15) is 5.92 Å². The van der Waals surface area contributed by atoms with Crippen LogP contribution in [0.5, 0.6) is 0 Å². The number of thiocarbonyl (C=S) groups is 1.